The Morgan fingerprint density at radius 2 is 1.93 bits per heavy atom. The fourth-order valence-electron chi connectivity index (χ4n) is 2.12. The lowest BCUT2D eigenvalue weighted by Crippen LogP contribution is -2.13. The molecule has 0 atom stereocenters. The van der Waals surface area contributed by atoms with Crippen molar-refractivity contribution in [2.24, 2.45) is 0 Å². The highest BCUT2D eigenvalue weighted by Gasteiger charge is 2.11. The quantitative estimate of drug-likeness (QED) is 0.244. The van der Waals surface area contributed by atoms with Crippen molar-refractivity contribution in [1.82, 2.24) is 10.2 Å². The molecule has 2 aromatic carbocycles. The van der Waals surface area contributed by atoms with Gasteiger partial charge in [0.2, 0.25) is 5.13 Å². The summed E-state index contributed by atoms with van der Waals surface area (Å²) in [5.74, 6) is 0.487. The maximum absolute atomic E-state index is 12.2. The van der Waals surface area contributed by atoms with E-state index in [4.69, 9.17) is 11.6 Å². The number of thioether (sulfide) groups is 1. The summed E-state index contributed by atoms with van der Waals surface area (Å²) in [5.41, 5.74) is 1.36. The zero-order valence-electron chi connectivity index (χ0n) is 13.8. The number of aromatic nitrogens is 2. The number of non-ortho nitro benzene ring substituents is 1. The fourth-order valence-corrected chi connectivity index (χ4v) is 4.15. The predicted molar refractivity (Wildman–Crippen MR) is 107 cm³/mol. The molecular weight excluding hydrogens is 408 g/mol. The fraction of sp³-hybridized carbons (Fsp3) is 0.118. The average Bonchev–Trinajstić information content (AvgIpc) is 3.13. The lowest BCUT2D eigenvalue weighted by atomic mass is 10.1. The van der Waals surface area contributed by atoms with Crippen LogP contribution in [0.15, 0.2) is 52.9 Å². The Labute approximate surface area is 167 Å². The molecule has 138 valence electrons. The number of nitro groups is 1. The Balaban J connectivity index is 1.52. The molecule has 0 spiro atoms. The number of hydrogen-bond acceptors (Lipinski definition) is 8. The molecule has 0 aliphatic heterocycles. The van der Waals surface area contributed by atoms with Crippen LogP contribution >= 0.6 is 34.7 Å². The van der Waals surface area contributed by atoms with Crippen molar-refractivity contribution in [3.63, 3.8) is 0 Å². The molecule has 3 aromatic rings. The van der Waals surface area contributed by atoms with Crippen molar-refractivity contribution >= 4 is 51.3 Å². The third kappa shape index (κ3) is 5.25. The minimum absolute atomic E-state index is 0.0294. The first-order valence-corrected chi connectivity index (χ1v) is 9.92. The standard InChI is InChI=1S/C17H13ClN4O3S2/c18-14-4-2-1-3-12(14)10-26-17-21-20-16(27-17)19-9-15(23)11-5-7-13(8-6-11)22(24)25/h1-8H,9-10H2,(H,19,20). The van der Waals surface area contributed by atoms with Crippen LogP contribution in [-0.2, 0) is 5.75 Å². The molecule has 0 radical (unpaired) electrons. The molecule has 0 unspecified atom stereocenters. The zero-order valence-corrected chi connectivity index (χ0v) is 16.2. The van der Waals surface area contributed by atoms with E-state index in [2.05, 4.69) is 15.5 Å². The maximum Gasteiger partial charge on any atom is 0.269 e. The van der Waals surface area contributed by atoms with Crippen molar-refractivity contribution in [2.75, 3.05) is 11.9 Å². The topological polar surface area (TPSA) is 98.0 Å². The molecule has 0 bridgehead atoms. The summed E-state index contributed by atoms with van der Waals surface area (Å²) < 4.78 is 0.764. The first-order chi connectivity index (χ1) is 13.0. The molecule has 0 saturated heterocycles. The van der Waals surface area contributed by atoms with Gasteiger partial charge in [0.15, 0.2) is 10.1 Å². The number of anilines is 1. The van der Waals surface area contributed by atoms with Crippen LogP contribution in [-0.4, -0.2) is 27.4 Å². The summed E-state index contributed by atoms with van der Waals surface area (Å²) in [4.78, 5) is 22.3. The first-order valence-electron chi connectivity index (χ1n) is 7.74. The van der Waals surface area contributed by atoms with E-state index in [1.165, 1.54) is 47.4 Å². The molecular formula is C17H13ClN4O3S2. The number of halogens is 1. The van der Waals surface area contributed by atoms with E-state index < -0.39 is 4.92 Å². The van der Waals surface area contributed by atoms with Crippen molar-refractivity contribution in [1.29, 1.82) is 0 Å². The summed E-state index contributed by atoms with van der Waals surface area (Å²) in [7, 11) is 0. The Kier molecular flexibility index (Phi) is 6.38. The van der Waals surface area contributed by atoms with Gasteiger partial charge < -0.3 is 5.32 Å². The smallest absolute Gasteiger partial charge is 0.269 e. The largest absolute Gasteiger partial charge is 0.353 e. The van der Waals surface area contributed by atoms with Crippen LogP contribution < -0.4 is 5.32 Å². The van der Waals surface area contributed by atoms with E-state index in [1.54, 1.807) is 0 Å². The van der Waals surface area contributed by atoms with Gasteiger partial charge >= 0.3 is 0 Å². The summed E-state index contributed by atoms with van der Waals surface area (Å²) in [5, 5.41) is 22.9. The van der Waals surface area contributed by atoms with Crippen LogP contribution in [0, 0.1) is 10.1 Å². The molecule has 27 heavy (non-hydrogen) atoms. The Bertz CT molecular complexity index is 963. The van der Waals surface area contributed by atoms with Gasteiger partial charge in [-0.15, -0.1) is 10.2 Å². The van der Waals surface area contributed by atoms with Crippen LogP contribution in [0.25, 0.3) is 0 Å². The zero-order chi connectivity index (χ0) is 19.2. The lowest BCUT2D eigenvalue weighted by Gasteiger charge is -2.02. The first kappa shape index (κ1) is 19.3. The highest BCUT2D eigenvalue weighted by molar-refractivity contribution is 8.00. The SMILES string of the molecule is O=C(CNc1nnc(SCc2ccccc2Cl)s1)c1ccc([N+](=O)[O-])cc1. The molecule has 0 aliphatic carbocycles. The predicted octanol–water partition coefficient (Wildman–Crippen LogP) is 4.69. The third-order valence-corrected chi connectivity index (χ3v) is 5.95. The highest BCUT2D eigenvalue weighted by atomic mass is 35.5. The van der Waals surface area contributed by atoms with Gasteiger partial charge in [-0.2, -0.15) is 0 Å². The van der Waals surface area contributed by atoms with Crippen molar-refractivity contribution < 1.29 is 9.72 Å². The molecule has 7 nitrogen and oxygen atoms in total. The number of hydrogen-bond donors (Lipinski definition) is 1. The number of carbonyl (C=O) groups is 1. The Morgan fingerprint density at radius 3 is 2.63 bits per heavy atom. The number of Topliss-reactive ketones (excluding diaryl/α,β-unsaturated/α-hetero) is 1. The summed E-state index contributed by atoms with van der Waals surface area (Å²) >= 11 is 8.99. The van der Waals surface area contributed by atoms with E-state index in [-0.39, 0.29) is 18.0 Å². The Morgan fingerprint density at radius 1 is 1.19 bits per heavy atom. The third-order valence-electron chi connectivity index (χ3n) is 3.52. The molecule has 0 amide bonds. The van der Waals surface area contributed by atoms with Crippen LogP contribution in [0.5, 0.6) is 0 Å². The van der Waals surface area contributed by atoms with Gasteiger partial charge in [0, 0.05) is 28.5 Å². The number of nitrogens with one attached hydrogen (secondary N) is 1. The monoisotopic (exact) mass is 420 g/mol. The van der Waals surface area contributed by atoms with E-state index >= 15 is 0 Å². The highest BCUT2D eigenvalue weighted by Crippen LogP contribution is 2.30. The van der Waals surface area contributed by atoms with Gasteiger partial charge in [-0.25, -0.2) is 0 Å². The second-order valence-electron chi connectivity index (χ2n) is 5.33. The van der Waals surface area contributed by atoms with Crippen LogP contribution in [0.4, 0.5) is 10.8 Å². The molecule has 1 heterocycles. The lowest BCUT2D eigenvalue weighted by molar-refractivity contribution is -0.384. The second-order valence-corrected chi connectivity index (χ2v) is 7.94. The normalized spacial score (nSPS) is 10.6. The van der Waals surface area contributed by atoms with Gasteiger partial charge in [-0.1, -0.05) is 52.9 Å². The second kappa shape index (κ2) is 8.94. The Hall–Kier alpha value is -2.49. The number of ketones is 1. The van der Waals surface area contributed by atoms with Crippen molar-refractivity contribution in [3.05, 3.63) is 74.8 Å². The number of nitro benzene ring substituents is 1. The van der Waals surface area contributed by atoms with Gasteiger partial charge in [-0.05, 0) is 23.8 Å². The molecule has 1 aromatic heterocycles. The number of benzene rings is 2. The molecule has 0 saturated carbocycles. The van der Waals surface area contributed by atoms with Crippen LogP contribution in [0.2, 0.25) is 5.02 Å². The van der Waals surface area contributed by atoms with Crippen molar-refractivity contribution in [3.8, 4) is 0 Å². The molecule has 0 fully saturated rings. The van der Waals surface area contributed by atoms with Gasteiger partial charge in [0.1, 0.15) is 0 Å². The van der Waals surface area contributed by atoms with E-state index in [1.807, 2.05) is 24.3 Å². The number of carbonyl (C=O) groups excluding carboxylic acids is 1. The van der Waals surface area contributed by atoms with E-state index in [0.717, 1.165) is 9.90 Å². The molecule has 1 N–H and O–H groups in total. The minimum atomic E-state index is -0.504. The van der Waals surface area contributed by atoms with Crippen molar-refractivity contribution in [2.45, 2.75) is 10.1 Å². The summed E-state index contributed by atoms with van der Waals surface area (Å²) in [6.45, 7) is 0.0294. The van der Waals surface area contributed by atoms with Crippen LogP contribution in [0.1, 0.15) is 15.9 Å². The molecule has 0 aliphatic rings. The maximum atomic E-state index is 12.2. The summed E-state index contributed by atoms with van der Waals surface area (Å²) in [6, 6.07) is 13.1. The molecule has 3 rings (SSSR count). The van der Waals surface area contributed by atoms with Gasteiger partial charge in [0.05, 0.1) is 11.5 Å². The van der Waals surface area contributed by atoms with E-state index in [9.17, 15) is 14.9 Å². The van der Waals surface area contributed by atoms with Crippen LogP contribution in [0.3, 0.4) is 0 Å². The number of rotatable bonds is 8. The summed E-state index contributed by atoms with van der Waals surface area (Å²) in [6.07, 6.45) is 0. The van der Waals surface area contributed by atoms with Gasteiger partial charge in [-0.3, -0.25) is 14.9 Å². The average molecular weight is 421 g/mol. The number of nitrogens with zero attached hydrogens (tertiary/aromatic N) is 3. The minimum Gasteiger partial charge on any atom is -0.353 e. The molecule has 10 heteroatoms. The van der Waals surface area contributed by atoms with E-state index in [0.29, 0.717) is 21.5 Å². The van der Waals surface area contributed by atoms with Gasteiger partial charge in [0.25, 0.3) is 5.69 Å².